The predicted molar refractivity (Wildman–Crippen MR) is 35.5 cm³/mol. The van der Waals surface area contributed by atoms with Crippen molar-refractivity contribution in [2.75, 3.05) is 7.11 Å². The van der Waals surface area contributed by atoms with Gasteiger partial charge in [-0.1, -0.05) is 0 Å². The van der Waals surface area contributed by atoms with Crippen LogP contribution in [0, 0.1) is 11.3 Å². The van der Waals surface area contributed by atoms with Gasteiger partial charge in [-0.05, 0) is 0 Å². The van der Waals surface area contributed by atoms with Crippen LogP contribution < -0.4 is 4.74 Å². The molecule has 0 fully saturated rings. The molecule has 3 heteroatoms. The standard InChI is InChI=1S/C7H6N2O/c1-10-7-2-6(3-8)4-9-5-7/h2,4-5H,1H3. The molecule has 0 unspecified atom stereocenters. The van der Waals surface area contributed by atoms with Crippen LogP contribution in [0.3, 0.4) is 0 Å². The summed E-state index contributed by atoms with van der Waals surface area (Å²) in [6.07, 6.45) is 3.04. The van der Waals surface area contributed by atoms with E-state index in [2.05, 4.69) is 4.98 Å². The molecule has 3 nitrogen and oxygen atoms in total. The summed E-state index contributed by atoms with van der Waals surface area (Å²) in [6, 6.07) is 3.59. The fourth-order valence-corrected chi connectivity index (χ4v) is 0.592. The highest BCUT2D eigenvalue weighted by atomic mass is 16.5. The van der Waals surface area contributed by atoms with Gasteiger partial charge < -0.3 is 4.74 Å². The van der Waals surface area contributed by atoms with E-state index in [0.717, 1.165) is 0 Å². The van der Waals surface area contributed by atoms with Crippen molar-refractivity contribution in [2.45, 2.75) is 0 Å². The number of rotatable bonds is 1. The Morgan fingerprint density at radius 1 is 1.60 bits per heavy atom. The van der Waals surface area contributed by atoms with Crippen molar-refractivity contribution < 1.29 is 4.74 Å². The van der Waals surface area contributed by atoms with E-state index in [4.69, 9.17) is 10.00 Å². The lowest BCUT2D eigenvalue weighted by Gasteiger charge is -1.95. The van der Waals surface area contributed by atoms with Gasteiger partial charge in [-0.3, -0.25) is 4.98 Å². The van der Waals surface area contributed by atoms with Crippen molar-refractivity contribution in [3.8, 4) is 11.8 Å². The van der Waals surface area contributed by atoms with E-state index in [1.54, 1.807) is 12.3 Å². The molecule has 50 valence electrons. The van der Waals surface area contributed by atoms with Gasteiger partial charge in [-0.25, -0.2) is 0 Å². The quantitative estimate of drug-likeness (QED) is 0.574. The average Bonchev–Trinajstić information content (AvgIpc) is 2.05. The molecule has 0 amide bonds. The van der Waals surface area contributed by atoms with Gasteiger partial charge in [0.05, 0.1) is 18.9 Å². The summed E-state index contributed by atoms with van der Waals surface area (Å²) in [7, 11) is 1.54. The molecule has 0 saturated heterocycles. The van der Waals surface area contributed by atoms with Crippen LogP contribution in [-0.2, 0) is 0 Å². The van der Waals surface area contributed by atoms with E-state index in [9.17, 15) is 0 Å². The molecule has 0 radical (unpaired) electrons. The van der Waals surface area contributed by atoms with Crippen molar-refractivity contribution >= 4 is 0 Å². The fourth-order valence-electron chi connectivity index (χ4n) is 0.592. The number of pyridine rings is 1. The summed E-state index contributed by atoms with van der Waals surface area (Å²) >= 11 is 0. The van der Waals surface area contributed by atoms with Gasteiger partial charge in [0, 0.05) is 12.3 Å². The third kappa shape index (κ3) is 1.23. The molecule has 10 heavy (non-hydrogen) atoms. The number of nitrogens with zero attached hydrogens (tertiary/aromatic N) is 2. The number of nitriles is 1. The summed E-state index contributed by atoms with van der Waals surface area (Å²) in [5.74, 6) is 0.610. The maximum absolute atomic E-state index is 8.41. The first kappa shape index (κ1) is 6.56. The van der Waals surface area contributed by atoms with Crippen LogP contribution in [0.5, 0.6) is 5.75 Å². The van der Waals surface area contributed by atoms with Gasteiger partial charge in [0.1, 0.15) is 11.8 Å². The Labute approximate surface area is 58.9 Å². The Morgan fingerprint density at radius 3 is 3.00 bits per heavy atom. The van der Waals surface area contributed by atoms with E-state index in [1.807, 2.05) is 6.07 Å². The second-order valence-electron chi connectivity index (χ2n) is 1.73. The third-order valence-electron chi connectivity index (χ3n) is 1.08. The SMILES string of the molecule is COc1cncc(C#N)c1. The summed E-state index contributed by atoms with van der Waals surface area (Å²) in [4.78, 5) is 3.78. The van der Waals surface area contributed by atoms with Crippen LogP contribution >= 0.6 is 0 Å². The highest BCUT2D eigenvalue weighted by Crippen LogP contribution is 2.08. The molecule has 1 heterocycles. The van der Waals surface area contributed by atoms with Gasteiger partial charge in [0.15, 0.2) is 0 Å². The minimum atomic E-state index is 0.513. The molecule has 0 bridgehead atoms. The van der Waals surface area contributed by atoms with Crippen molar-refractivity contribution in [3.05, 3.63) is 24.0 Å². The lowest BCUT2D eigenvalue weighted by molar-refractivity contribution is 0.412. The topological polar surface area (TPSA) is 45.9 Å². The zero-order chi connectivity index (χ0) is 7.40. The zero-order valence-corrected chi connectivity index (χ0v) is 5.53. The fraction of sp³-hybridized carbons (Fsp3) is 0.143. The number of aromatic nitrogens is 1. The highest BCUT2D eigenvalue weighted by Gasteiger charge is 1.92. The Hall–Kier alpha value is -1.56. The van der Waals surface area contributed by atoms with Crippen LogP contribution in [-0.4, -0.2) is 12.1 Å². The monoisotopic (exact) mass is 134 g/mol. The van der Waals surface area contributed by atoms with Gasteiger partial charge in [-0.2, -0.15) is 5.26 Å². The molecule has 1 aromatic rings. The molecule has 0 aliphatic heterocycles. The van der Waals surface area contributed by atoms with E-state index in [1.165, 1.54) is 13.3 Å². The largest absolute Gasteiger partial charge is 0.495 e. The first-order valence-corrected chi connectivity index (χ1v) is 2.76. The van der Waals surface area contributed by atoms with Crippen molar-refractivity contribution in [3.63, 3.8) is 0 Å². The van der Waals surface area contributed by atoms with Gasteiger partial charge in [0.25, 0.3) is 0 Å². The Kier molecular flexibility index (Phi) is 1.86. The molecule has 0 spiro atoms. The second-order valence-corrected chi connectivity index (χ2v) is 1.73. The van der Waals surface area contributed by atoms with Crippen molar-refractivity contribution in [1.82, 2.24) is 4.98 Å². The van der Waals surface area contributed by atoms with Gasteiger partial charge in [0.2, 0.25) is 0 Å². The molecule has 0 aliphatic rings. The third-order valence-corrected chi connectivity index (χ3v) is 1.08. The molecular formula is C7H6N2O. The molecule has 0 saturated carbocycles. The minimum Gasteiger partial charge on any atom is -0.495 e. The van der Waals surface area contributed by atoms with Crippen LogP contribution in [0.15, 0.2) is 18.5 Å². The number of ether oxygens (including phenoxy) is 1. The predicted octanol–water partition coefficient (Wildman–Crippen LogP) is 0.962. The Balaban J connectivity index is 3.01. The minimum absolute atomic E-state index is 0.513. The first-order valence-electron chi connectivity index (χ1n) is 2.76. The van der Waals surface area contributed by atoms with Crippen LogP contribution in [0.2, 0.25) is 0 Å². The molecule has 0 aromatic carbocycles. The summed E-state index contributed by atoms with van der Waals surface area (Å²) < 4.78 is 4.84. The maximum atomic E-state index is 8.41. The Morgan fingerprint density at radius 2 is 2.40 bits per heavy atom. The summed E-state index contributed by atoms with van der Waals surface area (Å²) in [5.41, 5.74) is 0.513. The smallest absolute Gasteiger partial charge is 0.138 e. The molecular weight excluding hydrogens is 128 g/mol. The number of hydrogen-bond donors (Lipinski definition) is 0. The van der Waals surface area contributed by atoms with Crippen LogP contribution in [0.1, 0.15) is 5.56 Å². The Bertz CT molecular complexity index is 265. The molecule has 0 atom stereocenters. The second kappa shape index (κ2) is 2.83. The first-order chi connectivity index (χ1) is 4.86. The van der Waals surface area contributed by atoms with Crippen molar-refractivity contribution in [1.29, 1.82) is 5.26 Å². The lowest BCUT2D eigenvalue weighted by atomic mass is 10.3. The van der Waals surface area contributed by atoms with E-state index in [-0.39, 0.29) is 0 Å². The van der Waals surface area contributed by atoms with E-state index in [0.29, 0.717) is 11.3 Å². The average molecular weight is 134 g/mol. The van der Waals surface area contributed by atoms with E-state index < -0.39 is 0 Å². The zero-order valence-electron chi connectivity index (χ0n) is 5.53. The maximum Gasteiger partial charge on any atom is 0.138 e. The number of methoxy groups -OCH3 is 1. The van der Waals surface area contributed by atoms with Crippen molar-refractivity contribution in [2.24, 2.45) is 0 Å². The molecule has 0 aliphatic carbocycles. The normalized spacial score (nSPS) is 8.40. The summed E-state index contributed by atoms with van der Waals surface area (Å²) in [6.45, 7) is 0. The lowest BCUT2D eigenvalue weighted by Crippen LogP contribution is -1.84. The van der Waals surface area contributed by atoms with Crippen LogP contribution in [0.4, 0.5) is 0 Å². The van der Waals surface area contributed by atoms with Crippen LogP contribution in [0.25, 0.3) is 0 Å². The van der Waals surface area contributed by atoms with E-state index >= 15 is 0 Å². The summed E-state index contributed by atoms with van der Waals surface area (Å²) in [5, 5.41) is 8.41. The molecule has 1 aromatic heterocycles. The highest BCUT2D eigenvalue weighted by molar-refractivity contribution is 5.32. The van der Waals surface area contributed by atoms with Gasteiger partial charge in [-0.15, -0.1) is 0 Å². The molecule has 0 N–H and O–H groups in total. The van der Waals surface area contributed by atoms with Gasteiger partial charge >= 0.3 is 0 Å². The number of hydrogen-bond acceptors (Lipinski definition) is 3. The molecule has 1 rings (SSSR count).